The van der Waals surface area contributed by atoms with Gasteiger partial charge in [0.1, 0.15) is 0 Å². The van der Waals surface area contributed by atoms with E-state index in [1.807, 2.05) is 6.92 Å². The van der Waals surface area contributed by atoms with Crippen LogP contribution >= 0.6 is 0 Å². The van der Waals surface area contributed by atoms with Crippen molar-refractivity contribution in [3.8, 4) is 0 Å². The van der Waals surface area contributed by atoms with Crippen molar-refractivity contribution in [2.24, 2.45) is 0 Å². The third kappa shape index (κ3) is 6.15. The minimum atomic E-state index is 0.695. The predicted molar refractivity (Wildman–Crippen MR) is 74.6 cm³/mol. The van der Waals surface area contributed by atoms with E-state index in [0.29, 0.717) is 6.61 Å². The molecule has 0 radical (unpaired) electrons. The molecule has 0 heterocycles. The summed E-state index contributed by atoms with van der Waals surface area (Å²) in [5.74, 6) is 0. The SMILES string of the molecule is CCCOCCNCc1ccccc1COCC. The van der Waals surface area contributed by atoms with E-state index in [-0.39, 0.29) is 0 Å². The molecule has 0 aliphatic carbocycles. The highest BCUT2D eigenvalue weighted by atomic mass is 16.5. The van der Waals surface area contributed by atoms with Gasteiger partial charge in [0.25, 0.3) is 0 Å². The molecule has 102 valence electrons. The lowest BCUT2D eigenvalue weighted by Crippen LogP contribution is -2.20. The minimum Gasteiger partial charge on any atom is -0.380 e. The Balaban J connectivity index is 2.27. The van der Waals surface area contributed by atoms with E-state index in [4.69, 9.17) is 9.47 Å². The van der Waals surface area contributed by atoms with Crippen LogP contribution in [0.1, 0.15) is 31.4 Å². The number of rotatable bonds is 10. The monoisotopic (exact) mass is 251 g/mol. The van der Waals surface area contributed by atoms with Gasteiger partial charge in [-0.1, -0.05) is 31.2 Å². The van der Waals surface area contributed by atoms with Crippen LogP contribution in [0.4, 0.5) is 0 Å². The van der Waals surface area contributed by atoms with Crippen molar-refractivity contribution >= 4 is 0 Å². The van der Waals surface area contributed by atoms with Crippen molar-refractivity contribution < 1.29 is 9.47 Å². The topological polar surface area (TPSA) is 30.5 Å². The second kappa shape index (κ2) is 10.1. The van der Waals surface area contributed by atoms with Crippen LogP contribution in [0, 0.1) is 0 Å². The molecule has 18 heavy (non-hydrogen) atoms. The Morgan fingerprint density at radius 2 is 1.78 bits per heavy atom. The smallest absolute Gasteiger partial charge is 0.0719 e. The largest absolute Gasteiger partial charge is 0.380 e. The fraction of sp³-hybridized carbons (Fsp3) is 0.600. The number of ether oxygens (including phenoxy) is 2. The summed E-state index contributed by atoms with van der Waals surface area (Å²) in [6, 6.07) is 8.40. The van der Waals surface area contributed by atoms with Crippen LogP contribution < -0.4 is 5.32 Å². The van der Waals surface area contributed by atoms with Crippen molar-refractivity contribution in [2.75, 3.05) is 26.4 Å². The third-order valence-electron chi connectivity index (χ3n) is 2.67. The van der Waals surface area contributed by atoms with Gasteiger partial charge in [-0.25, -0.2) is 0 Å². The van der Waals surface area contributed by atoms with Gasteiger partial charge in [-0.3, -0.25) is 0 Å². The second-order valence-electron chi connectivity index (χ2n) is 4.19. The first-order valence-corrected chi connectivity index (χ1v) is 6.81. The van der Waals surface area contributed by atoms with Gasteiger partial charge in [0.15, 0.2) is 0 Å². The van der Waals surface area contributed by atoms with Crippen LogP contribution in [0.2, 0.25) is 0 Å². The molecule has 0 saturated carbocycles. The summed E-state index contributed by atoms with van der Waals surface area (Å²) < 4.78 is 10.9. The van der Waals surface area contributed by atoms with E-state index in [1.165, 1.54) is 11.1 Å². The molecule has 1 rings (SSSR count). The molecule has 3 nitrogen and oxygen atoms in total. The van der Waals surface area contributed by atoms with Gasteiger partial charge in [-0.15, -0.1) is 0 Å². The molecule has 0 aliphatic heterocycles. The maximum atomic E-state index is 5.47. The van der Waals surface area contributed by atoms with Gasteiger partial charge >= 0.3 is 0 Å². The van der Waals surface area contributed by atoms with Crippen LogP contribution in [-0.4, -0.2) is 26.4 Å². The molecule has 1 N–H and O–H groups in total. The van der Waals surface area contributed by atoms with Crippen molar-refractivity contribution in [1.82, 2.24) is 5.32 Å². The Morgan fingerprint density at radius 3 is 2.50 bits per heavy atom. The first kappa shape index (κ1) is 15.2. The minimum absolute atomic E-state index is 0.695. The van der Waals surface area contributed by atoms with E-state index < -0.39 is 0 Å². The van der Waals surface area contributed by atoms with Crippen LogP contribution in [0.25, 0.3) is 0 Å². The molecule has 0 bridgehead atoms. The van der Waals surface area contributed by atoms with Gasteiger partial charge in [0.05, 0.1) is 13.2 Å². The number of hydrogen-bond acceptors (Lipinski definition) is 3. The van der Waals surface area contributed by atoms with Crippen molar-refractivity contribution in [2.45, 2.75) is 33.4 Å². The molecular weight excluding hydrogens is 226 g/mol. The summed E-state index contributed by atoms with van der Waals surface area (Å²) >= 11 is 0. The highest BCUT2D eigenvalue weighted by Gasteiger charge is 2.00. The van der Waals surface area contributed by atoms with E-state index in [0.717, 1.165) is 39.3 Å². The van der Waals surface area contributed by atoms with Gasteiger partial charge in [0.2, 0.25) is 0 Å². The third-order valence-corrected chi connectivity index (χ3v) is 2.67. The first-order valence-electron chi connectivity index (χ1n) is 6.81. The lowest BCUT2D eigenvalue weighted by Gasteiger charge is -2.10. The van der Waals surface area contributed by atoms with Gasteiger partial charge < -0.3 is 14.8 Å². The normalized spacial score (nSPS) is 10.8. The molecular formula is C15H25NO2. The fourth-order valence-electron chi connectivity index (χ4n) is 1.70. The molecule has 0 fully saturated rings. The second-order valence-corrected chi connectivity index (χ2v) is 4.19. The molecule has 0 spiro atoms. The summed E-state index contributed by atoms with van der Waals surface area (Å²) in [6.07, 6.45) is 1.08. The van der Waals surface area contributed by atoms with Crippen LogP contribution in [0.15, 0.2) is 24.3 Å². The van der Waals surface area contributed by atoms with Gasteiger partial charge in [-0.05, 0) is 24.5 Å². The van der Waals surface area contributed by atoms with Crippen molar-refractivity contribution in [3.63, 3.8) is 0 Å². The Kier molecular flexibility index (Phi) is 8.47. The van der Waals surface area contributed by atoms with Crippen molar-refractivity contribution in [3.05, 3.63) is 35.4 Å². The number of nitrogens with one attached hydrogen (secondary N) is 1. The van der Waals surface area contributed by atoms with Crippen molar-refractivity contribution in [1.29, 1.82) is 0 Å². The van der Waals surface area contributed by atoms with Gasteiger partial charge in [-0.2, -0.15) is 0 Å². The molecule has 0 amide bonds. The summed E-state index contributed by atoms with van der Waals surface area (Å²) in [7, 11) is 0. The predicted octanol–water partition coefficient (Wildman–Crippen LogP) is 2.74. The average molecular weight is 251 g/mol. The molecule has 1 aromatic rings. The zero-order valence-electron chi connectivity index (χ0n) is 11.6. The van der Waals surface area contributed by atoms with Gasteiger partial charge in [0, 0.05) is 26.3 Å². The quantitative estimate of drug-likeness (QED) is 0.649. The molecule has 0 saturated heterocycles. The lowest BCUT2D eigenvalue weighted by molar-refractivity contribution is 0.132. The molecule has 0 aromatic heterocycles. The Hall–Kier alpha value is -0.900. The van der Waals surface area contributed by atoms with Crippen LogP contribution in [-0.2, 0) is 22.6 Å². The van der Waals surface area contributed by atoms with Crippen LogP contribution in [0.5, 0.6) is 0 Å². The van der Waals surface area contributed by atoms with E-state index in [2.05, 4.69) is 36.5 Å². The molecule has 3 heteroatoms. The summed E-state index contributed by atoms with van der Waals surface area (Å²) in [4.78, 5) is 0. The maximum absolute atomic E-state index is 5.47. The molecule has 1 aromatic carbocycles. The Labute approximate surface area is 110 Å². The zero-order chi connectivity index (χ0) is 13.1. The first-order chi connectivity index (χ1) is 8.88. The lowest BCUT2D eigenvalue weighted by atomic mass is 10.1. The number of hydrogen-bond donors (Lipinski definition) is 1. The van der Waals surface area contributed by atoms with Crippen LogP contribution in [0.3, 0.4) is 0 Å². The van der Waals surface area contributed by atoms with E-state index in [9.17, 15) is 0 Å². The number of benzene rings is 1. The molecule has 0 atom stereocenters. The highest BCUT2D eigenvalue weighted by Crippen LogP contribution is 2.09. The summed E-state index contributed by atoms with van der Waals surface area (Å²) in [5, 5.41) is 3.40. The summed E-state index contributed by atoms with van der Waals surface area (Å²) in [5.41, 5.74) is 2.57. The zero-order valence-corrected chi connectivity index (χ0v) is 11.6. The fourth-order valence-corrected chi connectivity index (χ4v) is 1.70. The maximum Gasteiger partial charge on any atom is 0.0719 e. The molecule has 0 unspecified atom stereocenters. The Bertz CT molecular complexity index is 315. The Morgan fingerprint density at radius 1 is 1.00 bits per heavy atom. The summed E-state index contributed by atoms with van der Waals surface area (Å²) in [6.45, 7) is 8.99. The standard InChI is InChI=1S/C15H25NO2/c1-3-10-18-11-9-16-12-14-7-5-6-8-15(14)13-17-4-2/h5-8,16H,3-4,9-13H2,1-2H3. The van der Waals surface area contributed by atoms with E-state index >= 15 is 0 Å². The average Bonchev–Trinajstić information content (AvgIpc) is 2.41. The molecule has 0 aliphatic rings. The highest BCUT2D eigenvalue weighted by molar-refractivity contribution is 5.26. The van der Waals surface area contributed by atoms with E-state index in [1.54, 1.807) is 0 Å².